The summed E-state index contributed by atoms with van der Waals surface area (Å²) in [6.45, 7) is 0. The van der Waals surface area contributed by atoms with Crippen LogP contribution in [-0.4, -0.2) is 17.2 Å². The first-order chi connectivity index (χ1) is 12.5. The van der Waals surface area contributed by atoms with E-state index in [4.69, 9.17) is 0 Å². The molecule has 0 unspecified atom stereocenters. The Kier molecular flexibility index (Phi) is 4.53. The highest BCUT2D eigenvalue weighted by molar-refractivity contribution is 7.89. The monoisotopic (exact) mass is 405 g/mol. The van der Waals surface area contributed by atoms with Crippen LogP contribution in [0.25, 0.3) is 11.0 Å². The summed E-state index contributed by atoms with van der Waals surface area (Å²) in [5, 5.41) is 1.87. The van der Waals surface area contributed by atoms with E-state index in [9.17, 15) is 12.8 Å². The summed E-state index contributed by atoms with van der Waals surface area (Å²) in [6.07, 6.45) is 0. The van der Waals surface area contributed by atoms with Gasteiger partial charge in [-0.3, -0.25) is 0 Å². The minimum absolute atomic E-state index is 0.0763. The Morgan fingerprint density at radius 3 is 2.54 bits per heavy atom. The molecule has 0 bridgehead atoms. The van der Waals surface area contributed by atoms with Gasteiger partial charge in [0.05, 0.1) is 17.8 Å². The van der Waals surface area contributed by atoms with E-state index in [0.717, 1.165) is 16.6 Å². The van der Waals surface area contributed by atoms with Gasteiger partial charge in [0, 0.05) is 4.88 Å². The van der Waals surface area contributed by atoms with Gasteiger partial charge in [0.2, 0.25) is 10.0 Å². The van der Waals surface area contributed by atoms with Gasteiger partial charge < -0.3 is 0 Å². The highest BCUT2D eigenvalue weighted by atomic mass is 32.2. The lowest BCUT2D eigenvalue weighted by molar-refractivity contribution is 0.573. The number of fused-ring (bicyclic) bond motifs is 1. The zero-order valence-corrected chi connectivity index (χ0v) is 15.6. The van der Waals surface area contributed by atoms with Crippen LogP contribution in [0.15, 0.2) is 64.9 Å². The van der Waals surface area contributed by atoms with Crippen LogP contribution in [0.5, 0.6) is 0 Å². The van der Waals surface area contributed by atoms with Crippen molar-refractivity contribution in [2.45, 2.75) is 10.9 Å². The summed E-state index contributed by atoms with van der Waals surface area (Å²) in [5.74, 6) is -0.375. The lowest BCUT2D eigenvalue weighted by Crippen LogP contribution is -2.29. The van der Waals surface area contributed by atoms with Crippen molar-refractivity contribution < 1.29 is 12.8 Å². The van der Waals surface area contributed by atoms with E-state index < -0.39 is 16.1 Å². The predicted octanol–water partition coefficient (Wildman–Crippen LogP) is 3.96. The molecule has 0 radical (unpaired) electrons. The second-order valence-electron chi connectivity index (χ2n) is 5.51. The number of rotatable bonds is 5. The number of nitrogens with one attached hydrogen (secondary N) is 1. The molecule has 0 saturated heterocycles. The maximum absolute atomic E-state index is 13.3. The third-order valence-corrected chi connectivity index (χ3v) is 6.78. The molecule has 2 aromatic carbocycles. The summed E-state index contributed by atoms with van der Waals surface area (Å²) >= 11 is 2.39. The SMILES string of the molecule is O=S(=O)(N[C@@H](c1ccc(F)cc1)c1cccs1)c1cccc2nsnc12. The van der Waals surface area contributed by atoms with Crippen LogP contribution in [-0.2, 0) is 10.0 Å². The van der Waals surface area contributed by atoms with E-state index >= 15 is 0 Å². The minimum Gasteiger partial charge on any atom is -0.207 e. The number of hydrogen-bond acceptors (Lipinski definition) is 6. The lowest BCUT2D eigenvalue weighted by atomic mass is 10.1. The molecule has 2 heterocycles. The largest absolute Gasteiger partial charge is 0.243 e. The van der Waals surface area contributed by atoms with E-state index in [2.05, 4.69) is 13.5 Å². The van der Waals surface area contributed by atoms with Gasteiger partial charge >= 0.3 is 0 Å². The Morgan fingerprint density at radius 1 is 1.00 bits per heavy atom. The van der Waals surface area contributed by atoms with Crippen molar-refractivity contribution in [2.24, 2.45) is 0 Å². The van der Waals surface area contributed by atoms with Crippen molar-refractivity contribution in [3.05, 3.63) is 76.2 Å². The van der Waals surface area contributed by atoms with Crippen LogP contribution < -0.4 is 4.72 Å². The first-order valence-corrected chi connectivity index (χ1v) is 10.7. The van der Waals surface area contributed by atoms with Gasteiger partial charge in [0.25, 0.3) is 0 Å². The molecule has 4 aromatic rings. The number of halogens is 1. The lowest BCUT2D eigenvalue weighted by Gasteiger charge is -2.18. The number of sulfonamides is 1. The van der Waals surface area contributed by atoms with Crippen LogP contribution in [0.2, 0.25) is 0 Å². The van der Waals surface area contributed by atoms with Gasteiger partial charge in [0.15, 0.2) is 0 Å². The summed E-state index contributed by atoms with van der Waals surface area (Å²) in [6, 6.07) is 13.7. The molecule has 5 nitrogen and oxygen atoms in total. The fourth-order valence-electron chi connectivity index (χ4n) is 2.62. The molecular formula is C17H12FN3O2S3. The number of nitrogens with zero attached hydrogens (tertiary/aromatic N) is 2. The Morgan fingerprint density at radius 2 is 1.81 bits per heavy atom. The fourth-order valence-corrected chi connectivity index (χ4v) is 5.47. The van der Waals surface area contributed by atoms with Gasteiger partial charge in [-0.05, 0) is 41.3 Å². The fraction of sp³-hybridized carbons (Fsp3) is 0.0588. The van der Waals surface area contributed by atoms with Crippen LogP contribution in [0.3, 0.4) is 0 Å². The molecule has 0 aliphatic carbocycles. The Hall–Kier alpha value is -2.20. The predicted molar refractivity (Wildman–Crippen MR) is 100 cm³/mol. The van der Waals surface area contributed by atoms with Crippen LogP contribution in [0.1, 0.15) is 16.5 Å². The third-order valence-electron chi connectivity index (χ3n) is 3.84. The molecule has 0 saturated carbocycles. The number of benzene rings is 2. The molecule has 0 aliphatic rings. The zero-order chi connectivity index (χ0) is 18.1. The van der Waals surface area contributed by atoms with E-state index in [1.165, 1.54) is 29.5 Å². The molecule has 1 atom stereocenters. The molecule has 0 aliphatic heterocycles. The zero-order valence-electron chi connectivity index (χ0n) is 13.2. The van der Waals surface area contributed by atoms with Crippen molar-refractivity contribution in [3.8, 4) is 0 Å². The number of aromatic nitrogens is 2. The molecule has 0 spiro atoms. The Balaban J connectivity index is 1.78. The van der Waals surface area contributed by atoms with Gasteiger partial charge in [0.1, 0.15) is 21.7 Å². The standard InChI is InChI=1S/C17H12FN3O2S3/c18-12-8-6-11(7-9-12)16(14-4-2-10-24-14)21-26(22,23)15-5-1-3-13-17(15)20-25-19-13/h1-10,16,21H/t16-/m0/s1. The van der Waals surface area contributed by atoms with Crippen molar-refractivity contribution >= 4 is 44.1 Å². The summed E-state index contributed by atoms with van der Waals surface area (Å²) < 4.78 is 50.3. The molecular weight excluding hydrogens is 393 g/mol. The van der Waals surface area contributed by atoms with Crippen LogP contribution in [0, 0.1) is 5.82 Å². The van der Waals surface area contributed by atoms with Gasteiger partial charge in [-0.15, -0.1) is 11.3 Å². The normalized spacial score (nSPS) is 13.1. The van der Waals surface area contributed by atoms with Gasteiger partial charge in [-0.2, -0.15) is 13.5 Å². The molecule has 4 rings (SSSR count). The maximum atomic E-state index is 13.3. The molecule has 1 N–H and O–H groups in total. The first kappa shape index (κ1) is 17.2. The molecule has 9 heteroatoms. The van der Waals surface area contributed by atoms with Crippen LogP contribution >= 0.6 is 23.1 Å². The van der Waals surface area contributed by atoms with Gasteiger partial charge in [-0.25, -0.2) is 12.8 Å². The molecule has 2 aromatic heterocycles. The maximum Gasteiger partial charge on any atom is 0.243 e. The average Bonchev–Trinajstić information content (AvgIpc) is 3.31. The molecule has 132 valence electrons. The van der Waals surface area contributed by atoms with Crippen molar-refractivity contribution in [1.29, 1.82) is 0 Å². The minimum atomic E-state index is -3.87. The van der Waals surface area contributed by atoms with E-state index in [-0.39, 0.29) is 10.7 Å². The highest BCUT2D eigenvalue weighted by Crippen LogP contribution is 2.29. The highest BCUT2D eigenvalue weighted by Gasteiger charge is 2.26. The molecule has 26 heavy (non-hydrogen) atoms. The van der Waals surface area contributed by atoms with Gasteiger partial charge in [-0.1, -0.05) is 24.3 Å². The van der Waals surface area contributed by atoms with Crippen molar-refractivity contribution in [2.75, 3.05) is 0 Å². The topological polar surface area (TPSA) is 72.0 Å². The second-order valence-corrected chi connectivity index (χ2v) is 8.70. The summed E-state index contributed by atoms with van der Waals surface area (Å²) in [7, 11) is -3.87. The molecule has 0 amide bonds. The smallest absolute Gasteiger partial charge is 0.207 e. The molecule has 0 fully saturated rings. The summed E-state index contributed by atoms with van der Waals surface area (Å²) in [4.78, 5) is 0.885. The average molecular weight is 406 g/mol. The Labute approximate surface area is 157 Å². The third kappa shape index (κ3) is 3.26. The second kappa shape index (κ2) is 6.84. The van der Waals surface area contributed by atoms with Crippen molar-refractivity contribution in [1.82, 2.24) is 13.5 Å². The first-order valence-electron chi connectivity index (χ1n) is 7.57. The van der Waals surface area contributed by atoms with Crippen LogP contribution in [0.4, 0.5) is 4.39 Å². The number of hydrogen-bond donors (Lipinski definition) is 1. The quantitative estimate of drug-likeness (QED) is 0.546. The number of thiophene rings is 1. The Bertz CT molecular complexity index is 1140. The van der Waals surface area contributed by atoms with E-state index in [0.29, 0.717) is 16.6 Å². The summed E-state index contributed by atoms with van der Waals surface area (Å²) in [5.41, 5.74) is 1.53. The van der Waals surface area contributed by atoms with Crippen molar-refractivity contribution in [3.63, 3.8) is 0 Å². The van der Waals surface area contributed by atoms with E-state index in [1.54, 1.807) is 24.3 Å². The van der Waals surface area contributed by atoms with E-state index in [1.807, 2.05) is 17.5 Å².